The molecule has 2 rings (SSSR count). The fraction of sp³-hybridized carbons (Fsp3) is 0.800. The van der Waals surface area contributed by atoms with E-state index in [1.54, 1.807) is 0 Å². The van der Waals surface area contributed by atoms with E-state index >= 15 is 0 Å². The summed E-state index contributed by atoms with van der Waals surface area (Å²) in [7, 11) is 0. The third kappa shape index (κ3) is 2.05. The number of urea groups is 1. The standard InChI is InChI=1S/C10H17N3O3/c1-7-6-13(9(14)11-7)8-2-4-12(5-3-8)10(15)16/h7-8H,2-6H2,1H3,(H,11,14)(H,15,16). The highest BCUT2D eigenvalue weighted by Crippen LogP contribution is 2.19. The van der Waals surface area contributed by atoms with Crippen molar-refractivity contribution < 1.29 is 14.7 Å². The van der Waals surface area contributed by atoms with Crippen LogP contribution in [0.2, 0.25) is 0 Å². The van der Waals surface area contributed by atoms with Gasteiger partial charge in [0.05, 0.1) is 0 Å². The van der Waals surface area contributed by atoms with Crippen LogP contribution in [-0.4, -0.2) is 58.7 Å². The normalized spacial score (nSPS) is 27.1. The summed E-state index contributed by atoms with van der Waals surface area (Å²) in [6, 6.07) is 0.381. The molecule has 0 bridgehead atoms. The lowest BCUT2D eigenvalue weighted by Crippen LogP contribution is -2.47. The maximum atomic E-state index is 11.6. The monoisotopic (exact) mass is 227 g/mol. The van der Waals surface area contributed by atoms with Crippen LogP contribution in [0.5, 0.6) is 0 Å². The van der Waals surface area contributed by atoms with Crippen molar-refractivity contribution in [2.45, 2.75) is 31.8 Å². The highest BCUT2D eigenvalue weighted by molar-refractivity contribution is 5.77. The summed E-state index contributed by atoms with van der Waals surface area (Å²) in [5, 5.41) is 11.7. The third-order valence-electron chi connectivity index (χ3n) is 3.28. The number of piperidine rings is 1. The van der Waals surface area contributed by atoms with Crippen LogP contribution >= 0.6 is 0 Å². The molecule has 2 aliphatic rings. The van der Waals surface area contributed by atoms with E-state index in [-0.39, 0.29) is 18.1 Å². The zero-order valence-corrected chi connectivity index (χ0v) is 9.35. The Bertz CT molecular complexity index is 300. The van der Waals surface area contributed by atoms with Crippen LogP contribution in [0.4, 0.5) is 9.59 Å². The molecule has 1 unspecified atom stereocenters. The van der Waals surface area contributed by atoms with Gasteiger partial charge < -0.3 is 20.2 Å². The molecular formula is C10H17N3O3. The molecule has 0 aliphatic carbocycles. The summed E-state index contributed by atoms with van der Waals surface area (Å²) in [6.07, 6.45) is 0.622. The Kier molecular flexibility index (Phi) is 2.89. The summed E-state index contributed by atoms with van der Waals surface area (Å²) >= 11 is 0. The number of hydrogen-bond donors (Lipinski definition) is 2. The second-order valence-electron chi connectivity index (χ2n) is 4.50. The van der Waals surface area contributed by atoms with Gasteiger partial charge in [-0.3, -0.25) is 0 Å². The number of rotatable bonds is 1. The second kappa shape index (κ2) is 4.19. The lowest BCUT2D eigenvalue weighted by Gasteiger charge is -2.34. The second-order valence-corrected chi connectivity index (χ2v) is 4.50. The van der Waals surface area contributed by atoms with Gasteiger partial charge in [0.1, 0.15) is 0 Å². The van der Waals surface area contributed by atoms with Crippen LogP contribution in [0.15, 0.2) is 0 Å². The minimum Gasteiger partial charge on any atom is -0.465 e. The average molecular weight is 227 g/mol. The molecule has 90 valence electrons. The van der Waals surface area contributed by atoms with E-state index in [2.05, 4.69) is 5.32 Å². The minimum absolute atomic E-state index is 0.0127. The molecule has 3 amide bonds. The summed E-state index contributed by atoms with van der Waals surface area (Å²) in [5.74, 6) is 0. The molecule has 2 N–H and O–H groups in total. The van der Waals surface area contributed by atoms with Crippen LogP contribution in [0.1, 0.15) is 19.8 Å². The number of carboxylic acid groups (broad SMARTS) is 1. The van der Waals surface area contributed by atoms with E-state index in [0.29, 0.717) is 13.1 Å². The molecule has 2 aliphatic heterocycles. The van der Waals surface area contributed by atoms with Crippen molar-refractivity contribution >= 4 is 12.1 Å². The maximum absolute atomic E-state index is 11.6. The van der Waals surface area contributed by atoms with Crippen LogP contribution in [0.25, 0.3) is 0 Å². The van der Waals surface area contributed by atoms with Gasteiger partial charge in [0.15, 0.2) is 0 Å². The minimum atomic E-state index is -0.863. The van der Waals surface area contributed by atoms with Crippen molar-refractivity contribution in [3.05, 3.63) is 0 Å². The predicted octanol–water partition coefficient (Wildman–Crippen LogP) is 0.543. The van der Waals surface area contributed by atoms with E-state index in [4.69, 9.17) is 5.11 Å². The van der Waals surface area contributed by atoms with E-state index in [0.717, 1.165) is 19.4 Å². The summed E-state index contributed by atoms with van der Waals surface area (Å²) in [5.41, 5.74) is 0. The molecule has 2 fully saturated rings. The molecule has 6 nitrogen and oxygen atoms in total. The molecule has 2 heterocycles. The highest BCUT2D eigenvalue weighted by Gasteiger charge is 2.34. The van der Waals surface area contributed by atoms with Crippen molar-refractivity contribution in [2.75, 3.05) is 19.6 Å². The largest absolute Gasteiger partial charge is 0.465 e. The van der Waals surface area contributed by atoms with Crippen molar-refractivity contribution in [1.82, 2.24) is 15.1 Å². The van der Waals surface area contributed by atoms with E-state index in [1.165, 1.54) is 4.90 Å². The zero-order chi connectivity index (χ0) is 11.7. The summed E-state index contributed by atoms with van der Waals surface area (Å²) < 4.78 is 0. The molecule has 0 radical (unpaired) electrons. The van der Waals surface area contributed by atoms with E-state index < -0.39 is 6.09 Å². The first-order valence-electron chi connectivity index (χ1n) is 5.63. The Morgan fingerprint density at radius 3 is 2.50 bits per heavy atom. The number of amides is 3. The van der Waals surface area contributed by atoms with Gasteiger partial charge in [-0.25, -0.2) is 9.59 Å². The van der Waals surface area contributed by atoms with Gasteiger partial charge in [0, 0.05) is 31.7 Å². The number of carbonyl (C=O) groups excluding carboxylic acids is 1. The fourth-order valence-electron chi connectivity index (χ4n) is 2.40. The Balaban J connectivity index is 1.89. The topological polar surface area (TPSA) is 72.9 Å². The van der Waals surface area contributed by atoms with E-state index in [1.807, 2.05) is 11.8 Å². The van der Waals surface area contributed by atoms with E-state index in [9.17, 15) is 9.59 Å². The first-order chi connectivity index (χ1) is 7.58. The molecule has 2 saturated heterocycles. The number of nitrogens with one attached hydrogen (secondary N) is 1. The number of likely N-dealkylation sites (tertiary alicyclic amines) is 1. The third-order valence-corrected chi connectivity index (χ3v) is 3.28. The molecule has 1 atom stereocenters. The predicted molar refractivity (Wildman–Crippen MR) is 57.3 cm³/mol. The number of nitrogens with zero attached hydrogens (tertiary/aromatic N) is 2. The Morgan fingerprint density at radius 1 is 1.44 bits per heavy atom. The molecule has 0 spiro atoms. The van der Waals surface area contributed by atoms with Gasteiger partial charge >= 0.3 is 12.1 Å². The smallest absolute Gasteiger partial charge is 0.407 e. The Morgan fingerprint density at radius 2 is 2.06 bits per heavy atom. The SMILES string of the molecule is CC1CN(C2CCN(C(=O)O)CC2)C(=O)N1. The molecule has 0 saturated carbocycles. The average Bonchev–Trinajstić information content (AvgIpc) is 2.58. The van der Waals surface area contributed by atoms with Crippen LogP contribution in [0.3, 0.4) is 0 Å². The number of carbonyl (C=O) groups is 2. The molecular weight excluding hydrogens is 210 g/mol. The molecule has 0 aromatic rings. The van der Waals surface area contributed by atoms with Gasteiger partial charge in [0.25, 0.3) is 0 Å². The van der Waals surface area contributed by atoms with Gasteiger partial charge in [-0.05, 0) is 19.8 Å². The molecule has 6 heteroatoms. The number of hydrogen-bond acceptors (Lipinski definition) is 2. The fourth-order valence-corrected chi connectivity index (χ4v) is 2.40. The van der Waals surface area contributed by atoms with Gasteiger partial charge in [0.2, 0.25) is 0 Å². The van der Waals surface area contributed by atoms with Crippen LogP contribution in [-0.2, 0) is 0 Å². The summed E-state index contributed by atoms with van der Waals surface area (Å²) in [6.45, 7) is 3.76. The molecule has 0 aromatic carbocycles. The van der Waals surface area contributed by atoms with Gasteiger partial charge in [-0.15, -0.1) is 0 Å². The maximum Gasteiger partial charge on any atom is 0.407 e. The zero-order valence-electron chi connectivity index (χ0n) is 9.35. The van der Waals surface area contributed by atoms with Crippen molar-refractivity contribution in [2.24, 2.45) is 0 Å². The lowest BCUT2D eigenvalue weighted by molar-refractivity contribution is 0.111. The van der Waals surface area contributed by atoms with Crippen molar-refractivity contribution in [1.29, 1.82) is 0 Å². The Labute approximate surface area is 94.2 Å². The van der Waals surface area contributed by atoms with Crippen molar-refractivity contribution in [3.63, 3.8) is 0 Å². The highest BCUT2D eigenvalue weighted by atomic mass is 16.4. The Hall–Kier alpha value is -1.46. The van der Waals surface area contributed by atoms with Crippen LogP contribution in [0, 0.1) is 0 Å². The molecule has 16 heavy (non-hydrogen) atoms. The van der Waals surface area contributed by atoms with Crippen LogP contribution < -0.4 is 5.32 Å². The van der Waals surface area contributed by atoms with Gasteiger partial charge in [-0.1, -0.05) is 0 Å². The van der Waals surface area contributed by atoms with Crippen molar-refractivity contribution in [3.8, 4) is 0 Å². The molecule has 0 aromatic heterocycles. The quantitative estimate of drug-likeness (QED) is 0.686. The first kappa shape index (κ1) is 11.0. The lowest BCUT2D eigenvalue weighted by atomic mass is 10.0. The first-order valence-corrected chi connectivity index (χ1v) is 5.63. The van der Waals surface area contributed by atoms with Gasteiger partial charge in [-0.2, -0.15) is 0 Å². The summed E-state index contributed by atoms with van der Waals surface area (Å²) in [4.78, 5) is 25.6.